The van der Waals surface area contributed by atoms with Crippen LogP contribution in [0.5, 0.6) is 0 Å². The largest absolute Gasteiger partial charge is 3.00 e. The topological polar surface area (TPSA) is 294 Å². The number of aryl methyl sites for hydroxylation is 2. The van der Waals surface area contributed by atoms with Crippen LogP contribution in [0.2, 0.25) is 10.0 Å². The molecule has 0 saturated heterocycles. The number of carbonyl (C=O) groups is 2. The van der Waals surface area contributed by atoms with Crippen LogP contribution in [0.15, 0.2) is 125 Å². The van der Waals surface area contributed by atoms with Crippen LogP contribution in [0.3, 0.4) is 0 Å². The third-order valence-corrected chi connectivity index (χ3v) is 11.5. The van der Waals surface area contributed by atoms with Crippen molar-refractivity contribution in [2.24, 2.45) is 20.5 Å². The van der Waals surface area contributed by atoms with Gasteiger partial charge in [-0.25, -0.2) is 26.3 Å². The molecule has 0 aliphatic rings. The summed E-state index contributed by atoms with van der Waals surface area (Å²) in [7, 11) is -5.54. The minimum Gasteiger partial charge on any atom is -0.589 e. The zero-order chi connectivity index (χ0) is 44.1. The summed E-state index contributed by atoms with van der Waals surface area (Å²) in [6.07, 6.45) is 0. The van der Waals surface area contributed by atoms with Crippen molar-refractivity contribution in [3.8, 4) is 11.4 Å². The van der Waals surface area contributed by atoms with E-state index >= 15 is 0 Å². The van der Waals surface area contributed by atoms with Gasteiger partial charge in [0.15, 0.2) is 0 Å². The molecule has 6 aromatic rings. The zero-order valence-electron chi connectivity index (χ0n) is 32.7. The quantitative estimate of drug-likeness (QED) is 0.167. The minimum atomic E-state index is -4.06. The molecule has 0 bridgehead atoms. The molecule has 0 unspecified atom stereocenters. The van der Waals surface area contributed by atoms with Gasteiger partial charge in [-0.1, -0.05) is 61.3 Å². The number of benzene rings is 4. The maximum absolute atomic E-state index is 12.7. The maximum atomic E-state index is 12.7. The van der Waals surface area contributed by atoms with Crippen molar-refractivity contribution in [1.82, 2.24) is 29.0 Å². The van der Waals surface area contributed by atoms with Gasteiger partial charge < -0.3 is 39.4 Å². The molecule has 0 aliphatic carbocycles. The van der Waals surface area contributed by atoms with Crippen LogP contribution in [0, 0.1) is 13.8 Å². The summed E-state index contributed by atoms with van der Waals surface area (Å²) >= 11 is 11.9. The van der Waals surface area contributed by atoms with E-state index in [1.807, 2.05) is 0 Å². The number of azo groups is 2. The van der Waals surface area contributed by atoms with Crippen molar-refractivity contribution < 1.29 is 55.4 Å². The predicted molar refractivity (Wildman–Crippen MR) is 214 cm³/mol. The summed E-state index contributed by atoms with van der Waals surface area (Å²) in [4.78, 5) is 47.5. The molecule has 0 atom stereocenters. The first-order valence-corrected chi connectivity index (χ1v) is 20.5. The molecule has 6 rings (SSSR count). The second-order valence-electron chi connectivity index (χ2n) is 12.0. The Labute approximate surface area is 368 Å². The van der Waals surface area contributed by atoms with E-state index in [9.17, 15) is 46.2 Å². The smallest absolute Gasteiger partial charge is 0.589 e. The summed E-state index contributed by atoms with van der Waals surface area (Å²) in [5.41, 5.74) is -1.97. The van der Waals surface area contributed by atoms with Crippen LogP contribution in [-0.4, -0.2) is 52.2 Å². The number of aromatic nitrogens is 4. The SMILES string of the molecule is CNS(=O)(=O)c1ccc(C(=O)[O-])c(N=Nc2c(C)[n-]n(-c3cccc(Cl)c3)c2=O)c1.CNS(=O)(=O)c1cccc(C(=O)[O-])c1N=Nc1c(C)[n-]n(-c2cccc(Cl)c2)c1=O.[Cr+3].[H+]. The number of hydrogen-bond acceptors (Lipinski definition) is 14. The number of rotatable bonds is 12. The number of nitrogens with zero attached hydrogens (tertiary/aromatic N) is 8. The number of sulfonamides is 2. The Morgan fingerprint density at radius 3 is 1.56 bits per heavy atom. The van der Waals surface area contributed by atoms with Gasteiger partial charge in [0.25, 0.3) is 11.1 Å². The first kappa shape index (κ1) is 47.6. The van der Waals surface area contributed by atoms with Gasteiger partial charge in [0.05, 0.1) is 22.5 Å². The summed E-state index contributed by atoms with van der Waals surface area (Å²) in [6.45, 7) is 3.03. The van der Waals surface area contributed by atoms with Gasteiger partial charge in [-0.05, 0) is 74.8 Å². The molecule has 0 amide bonds. The van der Waals surface area contributed by atoms with Crippen molar-refractivity contribution >= 4 is 77.9 Å². The zero-order valence-corrected chi connectivity index (χ0v) is 36.1. The van der Waals surface area contributed by atoms with Crippen molar-refractivity contribution in [3.63, 3.8) is 0 Å². The third kappa shape index (κ3) is 10.7. The Kier molecular flexibility index (Phi) is 15.3. The minimum absolute atomic E-state index is 0. The Bertz CT molecular complexity index is 3080. The second kappa shape index (κ2) is 19.6. The van der Waals surface area contributed by atoms with E-state index in [1.165, 1.54) is 39.1 Å². The van der Waals surface area contributed by atoms with E-state index in [0.717, 1.165) is 46.7 Å². The number of halogens is 2. The van der Waals surface area contributed by atoms with E-state index in [-0.39, 0.29) is 57.7 Å². The molecule has 0 spiro atoms. The van der Waals surface area contributed by atoms with Crippen LogP contribution >= 0.6 is 23.2 Å². The molecule has 25 heteroatoms. The molecule has 4 aromatic carbocycles. The van der Waals surface area contributed by atoms with E-state index in [0.29, 0.717) is 21.4 Å². The van der Waals surface area contributed by atoms with Gasteiger partial charge in [0.2, 0.25) is 20.0 Å². The van der Waals surface area contributed by atoms with Gasteiger partial charge in [-0.15, -0.1) is 31.8 Å². The van der Waals surface area contributed by atoms with Gasteiger partial charge in [0.1, 0.15) is 22.0 Å². The number of carbonyl (C=O) groups excluding carboxylic acids is 2. The molecule has 2 heterocycles. The van der Waals surface area contributed by atoms with Crippen molar-refractivity contribution in [1.29, 1.82) is 0 Å². The Morgan fingerprint density at radius 2 is 1.10 bits per heavy atom. The molecular formula is C36H29Cl2CrN10O10S2. The molecule has 0 saturated carbocycles. The summed E-state index contributed by atoms with van der Waals surface area (Å²) in [5.74, 6) is -3.23. The van der Waals surface area contributed by atoms with Crippen LogP contribution in [0.25, 0.3) is 11.4 Å². The fraction of sp³-hybridized carbons (Fsp3) is 0.111. The second-order valence-corrected chi connectivity index (χ2v) is 16.6. The maximum Gasteiger partial charge on any atom is 3.00 e. The Morgan fingerprint density at radius 1 is 0.639 bits per heavy atom. The van der Waals surface area contributed by atoms with E-state index in [1.54, 1.807) is 36.4 Å². The Hall–Kier alpha value is -6.03. The number of nitrogens with one attached hydrogen (secondary N) is 2. The normalized spacial score (nSPS) is 11.6. The predicted octanol–water partition coefficient (Wildman–Crippen LogP) is 3.00. The summed E-state index contributed by atoms with van der Waals surface area (Å²) in [6, 6.07) is 19.5. The van der Waals surface area contributed by atoms with E-state index < -0.39 is 59.3 Å². The van der Waals surface area contributed by atoms with Crippen LogP contribution in [0.4, 0.5) is 22.7 Å². The molecule has 2 N–H and O–H groups in total. The van der Waals surface area contributed by atoms with Gasteiger partial charge in [-0.2, -0.15) is 0 Å². The molecule has 0 fully saturated rings. The average Bonchev–Trinajstić information content (AvgIpc) is 3.67. The monoisotopic (exact) mass is 947 g/mol. The molecule has 315 valence electrons. The molecular weight excluding hydrogens is 919 g/mol. The van der Waals surface area contributed by atoms with Crippen molar-refractivity contribution in [2.75, 3.05) is 14.1 Å². The first-order chi connectivity index (χ1) is 28.3. The standard InChI is InChI=1S/2C18H16ClN5O5S.Cr/c1-10-15(17(25)24(23-10)12-6-3-5-11(19)9-12)21-22-16-13(18(26)27)7-4-8-14(16)30(28,29)20-2;1-10-16(17(25)24(23-10)12-5-3-4-11(19)8-12)22-21-15-9-13(30(28,29)20-2)6-7-14(15)18(26)27;/h3-9,20H,1-2H3,(H2,22,23,25,26,27);3-9,20H,1-2H3,(H2,21,23,25,26,27);/q;;+3/p-3. The van der Waals surface area contributed by atoms with E-state index in [4.69, 9.17) is 23.2 Å². The van der Waals surface area contributed by atoms with Crippen molar-refractivity contribution in [2.45, 2.75) is 23.6 Å². The average molecular weight is 949 g/mol. The van der Waals surface area contributed by atoms with Gasteiger partial charge in [-0.3, -0.25) is 9.59 Å². The molecule has 1 radical (unpaired) electrons. The van der Waals surface area contributed by atoms with Crippen molar-refractivity contribution in [3.05, 3.63) is 138 Å². The molecule has 20 nitrogen and oxygen atoms in total. The van der Waals surface area contributed by atoms with Crippen LogP contribution in [0.1, 0.15) is 33.5 Å². The molecule has 61 heavy (non-hydrogen) atoms. The molecule has 2 aromatic heterocycles. The van der Waals surface area contributed by atoms with Gasteiger partial charge in [0, 0.05) is 32.5 Å². The van der Waals surface area contributed by atoms with Gasteiger partial charge >= 0.3 is 18.8 Å². The van der Waals surface area contributed by atoms with Crippen LogP contribution < -0.4 is 41.0 Å². The van der Waals surface area contributed by atoms with Crippen LogP contribution in [-0.2, 0) is 37.4 Å². The summed E-state index contributed by atoms with van der Waals surface area (Å²) in [5, 5.41) is 47.0. The molecule has 0 aliphatic heterocycles. The first-order valence-electron chi connectivity index (χ1n) is 16.7. The number of hydrogen-bond donors (Lipinski definition) is 2. The van der Waals surface area contributed by atoms with E-state index in [2.05, 4.69) is 40.1 Å². The number of carboxylic acid groups (broad SMARTS) is 2. The third-order valence-electron chi connectivity index (χ3n) is 8.13. The fourth-order valence-electron chi connectivity index (χ4n) is 5.16. The summed E-state index contributed by atoms with van der Waals surface area (Å²) < 4.78 is 54.8. The Balaban J connectivity index is 0.000000320. The fourth-order valence-corrected chi connectivity index (χ4v) is 7.17. The number of aromatic carboxylic acids is 2. The number of carboxylic acids is 2.